The first-order valence-electron chi connectivity index (χ1n) is 19.8. The number of carboxylic acid groups (broad SMARTS) is 1. The molecule has 0 heterocycles. The van der Waals surface area contributed by atoms with Crippen LogP contribution < -0.4 is 38.1 Å². The molecule has 0 aromatic carbocycles. The number of nitrogens with two attached hydrogens (primary N) is 2. The van der Waals surface area contributed by atoms with E-state index in [9.17, 15) is 49.2 Å². The Kier molecular flexibility index (Phi) is 29.0. The molecule has 0 saturated carbocycles. The average molecular weight is 774 g/mol. The quantitative estimate of drug-likeness (QED) is 0.0399. The molecule has 0 aromatic heterocycles. The summed E-state index contributed by atoms with van der Waals surface area (Å²) in [7, 11) is 0. The number of aliphatic hydroxyl groups excluding tert-OH is 3. The molecule has 17 heteroatoms. The van der Waals surface area contributed by atoms with E-state index >= 15 is 0 Å². The first-order chi connectivity index (χ1) is 25.7. The second kappa shape index (κ2) is 30.9. The van der Waals surface area contributed by atoms with Gasteiger partial charge in [0.1, 0.15) is 30.2 Å². The zero-order valence-electron chi connectivity index (χ0n) is 32.8. The molecule has 0 rings (SSSR count). The summed E-state index contributed by atoms with van der Waals surface area (Å²) in [6.45, 7) is 4.41. The highest BCUT2D eigenvalue weighted by Gasteiger charge is 2.35. The number of rotatable bonds is 33. The number of nitrogens with one attached hydrogen (secondary N) is 5. The summed E-state index contributed by atoms with van der Waals surface area (Å²) in [6.07, 6.45) is 11.9. The molecule has 17 nitrogen and oxygen atoms in total. The van der Waals surface area contributed by atoms with Crippen LogP contribution in [0, 0.1) is 0 Å². The van der Waals surface area contributed by atoms with Crippen molar-refractivity contribution in [3.63, 3.8) is 0 Å². The van der Waals surface area contributed by atoms with Gasteiger partial charge in [0.25, 0.3) is 0 Å². The number of aliphatic carboxylic acids is 1. The lowest BCUT2D eigenvalue weighted by atomic mass is 10.0. The van der Waals surface area contributed by atoms with E-state index in [2.05, 4.69) is 33.5 Å². The number of hydrogen-bond acceptors (Lipinski definition) is 11. The molecule has 0 aromatic rings. The maximum atomic E-state index is 13.4. The van der Waals surface area contributed by atoms with Crippen LogP contribution in [-0.2, 0) is 28.8 Å². The molecule has 0 fully saturated rings. The molecule has 0 spiro atoms. The van der Waals surface area contributed by atoms with Crippen molar-refractivity contribution in [2.24, 2.45) is 11.5 Å². The van der Waals surface area contributed by atoms with Crippen molar-refractivity contribution < 1.29 is 49.2 Å². The van der Waals surface area contributed by atoms with Gasteiger partial charge in [0.15, 0.2) is 0 Å². The molecular weight excluding hydrogens is 702 g/mol. The van der Waals surface area contributed by atoms with Gasteiger partial charge in [0, 0.05) is 6.42 Å². The number of amides is 5. The molecule has 0 aliphatic rings. The van der Waals surface area contributed by atoms with Crippen molar-refractivity contribution in [2.45, 2.75) is 179 Å². The average Bonchev–Trinajstić information content (AvgIpc) is 3.12. The number of unbranched alkanes of at least 4 members (excludes halogenated alkanes) is 12. The lowest BCUT2D eigenvalue weighted by Gasteiger charge is -2.29. The molecule has 5 amide bonds. The molecule has 0 bridgehead atoms. The van der Waals surface area contributed by atoms with Crippen molar-refractivity contribution >= 4 is 35.5 Å². The number of aliphatic hydroxyl groups is 3. The Labute approximate surface area is 320 Å². The maximum absolute atomic E-state index is 13.4. The van der Waals surface area contributed by atoms with Gasteiger partial charge in [-0.25, -0.2) is 4.79 Å². The third kappa shape index (κ3) is 22.7. The van der Waals surface area contributed by atoms with E-state index in [-0.39, 0.29) is 31.7 Å². The summed E-state index contributed by atoms with van der Waals surface area (Å²) in [6, 6.07) is -7.24. The van der Waals surface area contributed by atoms with E-state index in [4.69, 9.17) is 11.5 Å². The van der Waals surface area contributed by atoms with Gasteiger partial charge in [-0.2, -0.15) is 0 Å². The summed E-state index contributed by atoms with van der Waals surface area (Å²) >= 11 is 0. The van der Waals surface area contributed by atoms with Crippen molar-refractivity contribution in [3.05, 3.63) is 0 Å². The standard InChI is InChI=1S/C37H71N7O10/c1-4-5-6-7-8-9-10-11-12-13-14-21-30(48)40-27(19-15-17-22-38)34(50)43-32(26(3)47)36(52)44-31(25(2)46)35(51)41-28(20-16-18-23-39)33(49)42-29(24-45)37(53)54/h25-29,31-32,45-47H,4-24,38-39H2,1-3H3,(H,40,48)(H,41,51)(H,42,49)(H,43,50)(H,44,52)(H,53,54)/t25-,26-,27+,28+,29+,31+,32+/m1/s1. The molecule has 0 unspecified atom stereocenters. The lowest BCUT2D eigenvalue weighted by molar-refractivity contribution is -0.143. The minimum Gasteiger partial charge on any atom is -0.480 e. The molecule has 314 valence electrons. The Morgan fingerprint density at radius 3 is 1.33 bits per heavy atom. The van der Waals surface area contributed by atoms with Crippen molar-refractivity contribution in [2.75, 3.05) is 19.7 Å². The molecule has 54 heavy (non-hydrogen) atoms. The second-order valence-corrected chi connectivity index (χ2v) is 14.1. The molecule has 0 aliphatic heterocycles. The molecular formula is C37H71N7O10. The van der Waals surface area contributed by atoms with Gasteiger partial charge in [-0.05, 0) is 71.9 Å². The van der Waals surface area contributed by atoms with Crippen LogP contribution in [0.2, 0.25) is 0 Å². The predicted octanol–water partition coefficient (Wildman–Crippen LogP) is 0.208. The van der Waals surface area contributed by atoms with Crippen LogP contribution in [0.5, 0.6) is 0 Å². The van der Waals surface area contributed by atoms with Crippen LogP contribution in [0.1, 0.15) is 136 Å². The normalized spacial score (nSPS) is 15.1. The summed E-state index contributed by atoms with van der Waals surface area (Å²) in [4.78, 5) is 77.2. The highest BCUT2D eigenvalue weighted by Crippen LogP contribution is 2.13. The Balaban J connectivity index is 5.49. The predicted molar refractivity (Wildman–Crippen MR) is 205 cm³/mol. The van der Waals surface area contributed by atoms with Crippen molar-refractivity contribution in [3.8, 4) is 0 Å². The van der Waals surface area contributed by atoms with Crippen LogP contribution in [0.3, 0.4) is 0 Å². The monoisotopic (exact) mass is 774 g/mol. The Bertz CT molecular complexity index is 1100. The Hall–Kier alpha value is -3.38. The number of carbonyl (C=O) groups is 6. The smallest absolute Gasteiger partial charge is 0.328 e. The Morgan fingerprint density at radius 1 is 0.519 bits per heavy atom. The van der Waals surface area contributed by atoms with Gasteiger partial charge in [-0.3, -0.25) is 24.0 Å². The van der Waals surface area contributed by atoms with Gasteiger partial charge in [-0.15, -0.1) is 0 Å². The fourth-order valence-electron chi connectivity index (χ4n) is 5.77. The van der Waals surface area contributed by atoms with E-state index in [1.165, 1.54) is 58.8 Å². The van der Waals surface area contributed by atoms with Gasteiger partial charge in [-0.1, -0.05) is 71.1 Å². The van der Waals surface area contributed by atoms with Crippen LogP contribution in [0.4, 0.5) is 0 Å². The molecule has 0 radical (unpaired) electrons. The number of carbonyl (C=O) groups excluding carboxylic acids is 5. The Morgan fingerprint density at radius 2 is 0.907 bits per heavy atom. The minimum absolute atomic E-state index is 0.0237. The van der Waals surface area contributed by atoms with E-state index in [1.807, 2.05) is 0 Å². The molecule has 0 aliphatic carbocycles. The van der Waals surface area contributed by atoms with Crippen LogP contribution in [0.15, 0.2) is 0 Å². The van der Waals surface area contributed by atoms with E-state index in [1.54, 1.807) is 0 Å². The topological polar surface area (TPSA) is 296 Å². The highest BCUT2D eigenvalue weighted by molar-refractivity contribution is 5.96. The van der Waals surface area contributed by atoms with Crippen molar-refractivity contribution in [1.29, 1.82) is 0 Å². The third-order valence-electron chi connectivity index (χ3n) is 9.11. The fourth-order valence-corrected chi connectivity index (χ4v) is 5.77. The van der Waals surface area contributed by atoms with E-state index in [0.29, 0.717) is 38.6 Å². The summed E-state index contributed by atoms with van der Waals surface area (Å²) in [5, 5.41) is 51.5. The van der Waals surface area contributed by atoms with Gasteiger partial charge < -0.3 is 58.5 Å². The fraction of sp³-hybridized carbons (Fsp3) is 0.838. The SMILES string of the molecule is CCCCCCCCCCCCCC(=O)N[C@@H](CCCCN)C(=O)N[C@H](C(=O)N[C@H](C(=O)N[C@@H](CCCCN)C(=O)N[C@@H](CO)C(=O)O)[C@@H](C)O)[C@@H](C)O. The largest absolute Gasteiger partial charge is 0.480 e. The maximum Gasteiger partial charge on any atom is 0.328 e. The minimum atomic E-state index is -1.67. The van der Waals surface area contributed by atoms with Crippen LogP contribution in [-0.4, -0.2) is 118 Å². The molecule has 13 N–H and O–H groups in total. The highest BCUT2D eigenvalue weighted by atomic mass is 16.4. The zero-order chi connectivity index (χ0) is 40.9. The van der Waals surface area contributed by atoms with Crippen LogP contribution in [0.25, 0.3) is 0 Å². The summed E-state index contributed by atoms with van der Waals surface area (Å²) in [5.41, 5.74) is 11.2. The summed E-state index contributed by atoms with van der Waals surface area (Å²) in [5.74, 6) is -5.50. The van der Waals surface area contributed by atoms with Crippen LogP contribution >= 0.6 is 0 Å². The zero-order valence-corrected chi connectivity index (χ0v) is 32.8. The molecule has 7 atom stereocenters. The van der Waals surface area contributed by atoms with Gasteiger partial charge in [0.05, 0.1) is 18.8 Å². The lowest BCUT2D eigenvalue weighted by Crippen LogP contribution is -2.62. The van der Waals surface area contributed by atoms with Gasteiger partial charge in [0.2, 0.25) is 29.5 Å². The second-order valence-electron chi connectivity index (χ2n) is 14.1. The van der Waals surface area contributed by atoms with E-state index in [0.717, 1.165) is 19.3 Å². The number of hydrogen-bond donors (Lipinski definition) is 11. The molecule has 0 saturated heterocycles. The number of carboxylic acids is 1. The van der Waals surface area contributed by atoms with Crippen molar-refractivity contribution in [1.82, 2.24) is 26.6 Å². The third-order valence-corrected chi connectivity index (χ3v) is 9.11. The van der Waals surface area contributed by atoms with E-state index < -0.39 is 78.6 Å². The first-order valence-corrected chi connectivity index (χ1v) is 19.8. The summed E-state index contributed by atoms with van der Waals surface area (Å²) < 4.78 is 0. The van der Waals surface area contributed by atoms with Gasteiger partial charge >= 0.3 is 5.97 Å². The first kappa shape index (κ1) is 50.6.